The van der Waals surface area contributed by atoms with Gasteiger partial charge in [0.1, 0.15) is 15.1 Å². The van der Waals surface area contributed by atoms with Crippen LogP contribution in [0.25, 0.3) is 0 Å². The van der Waals surface area contributed by atoms with E-state index in [1.807, 2.05) is 0 Å². The first-order valence-electron chi connectivity index (χ1n) is 5.08. The van der Waals surface area contributed by atoms with Crippen LogP contribution in [0, 0.1) is 0 Å². The van der Waals surface area contributed by atoms with Crippen molar-refractivity contribution < 1.29 is 4.74 Å². The van der Waals surface area contributed by atoms with Crippen LogP contribution in [-0.4, -0.2) is 0 Å². The van der Waals surface area contributed by atoms with Crippen molar-refractivity contribution in [2.75, 3.05) is 0 Å². The Balaban J connectivity index is 2.64. The van der Waals surface area contributed by atoms with Gasteiger partial charge < -0.3 is 4.74 Å². The quantitative estimate of drug-likeness (QED) is 0.332. The summed E-state index contributed by atoms with van der Waals surface area (Å²) in [6, 6.07) is 3.02. The molecule has 0 fully saturated rings. The molecule has 1 nitrogen and oxygen atoms in total. The van der Waals surface area contributed by atoms with E-state index < -0.39 is 0 Å². The summed E-state index contributed by atoms with van der Waals surface area (Å²) in [5, 5.41) is 0.510. The summed E-state index contributed by atoms with van der Waals surface area (Å²) in [5.74, 6) is 0.0490. The van der Waals surface area contributed by atoms with Crippen molar-refractivity contribution >= 4 is 92.8 Å². The highest BCUT2D eigenvalue weighted by atomic mass is 35.5. The van der Waals surface area contributed by atoms with Gasteiger partial charge in [0.25, 0.3) is 0 Å². The lowest BCUT2D eigenvalue weighted by Crippen LogP contribution is -1.92. The number of halogens is 8. The predicted molar refractivity (Wildman–Crippen MR) is 93.0 cm³/mol. The van der Waals surface area contributed by atoms with Crippen molar-refractivity contribution in [1.82, 2.24) is 0 Å². The van der Waals surface area contributed by atoms with Gasteiger partial charge in [-0.15, -0.1) is 0 Å². The van der Waals surface area contributed by atoms with Crippen molar-refractivity contribution in [2.24, 2.45) is 0 Å². The second-order valence-corrected chi connectivity index (χ2v) is 6.76. The van der Waals surface area contributed by atoms with E-state index in [1.54, 1.807) is 0 Å². The molecule has 112 valence electrons. The Morgan fingerprint density at radius 1 is 0.476 bits per heavy atom. The molecule has 0 heterocycles. The Hall–Kier alpha value is 0.560. The van der Waals surface area contributed by atoms with E-state index in [2.05, 4.69) is 0 Å². The fraction of sp³-hybridized carbons (Fsp3) is 0. The largest absolute Gasteiger partial charge is 0.451 e. The molecule has 0 N–H and O–H groups in total. The molecule has 0 aromatic heterocycles. The minimum atomic E-state index is -0.0248. The molecule has 2 rings (SSSR count). The lowest BCUT2D eigenvalue weighted by Gasteiger charge is -2.15. The molecule has 0 aliphatic carbocycles. The predicted octanol–water partition coefficient (Wildman–Crippen LogP) is 8.71. The van der Waals surface area contributed by atoms with Crippen LogP contribution in [0.2, 0.25) is 40.2 Å². The van der Waals surface area contributed by atoms with E-state index in [0.29, 0.717) is 0 Å². The number of rotatable bonds is 2. The first-order valence-corrected chi connectivity index (χ1v) is 8.10. The second-order valence-electron chi connectivity index (χ2n) is 3.67. The van der Waals surface area contributed by atoms with Gasteiger partial charge in [0.15, 0.2) is 11.5 Å². The lowest BCUT2D eigenvalue weighted by atomic mass is 10.3. The molecular formula is C12H2Cl8O. The molecule has 21 heavy (non-hydrogen) atoms. The fourth-order valence-electron chi connectivity index (χ4n) is 1.38. The monoisotopic (exact) mass is 442 g/mol. The highest BCUT2D eigenvalue weighted by molar-refractivity contribution is 6.55. The fourth-order valence-corrected chi connectivity index (χ4v) is 3.17. The third-order valence-electron chi connectivity index (χ3n) is 2.38. The molecule has 0 bridgehead atoms. The van der Waals surface area contributed by atoms with Crippen LogP contribution in [0.1, 0.15) is 0 Å². The summed E-state index contributed by atoms with van der Waals surface area (Å²) < 4.78 is 5.56. The van der Waals surface area contributed by atoms with E-state index in [0.717, 1.165) is 0 Å². The van der Waals surface area contributed by atoms with Crippen molar-refractivity contribution in [3.8, 4) is 11.5 Å². The molecule has 0 saturated heterocycles. The van der Waals surface area contributed by atoms with E-state index >= 15 is 0 Å². The van der Waals surface area contributed by atoms with Gasteiger partial charge in [0.2, 0.25) is 0 Å². The van der Waals surface area contributed by atoms with Crippen LogP contribution in [0.3, 0.4) is 0 Å². The summed E-state index contributed by atoms with van der Waals surface area (Å²) in [6.07, 6.45) is 0. The summed E-state index contributed by atoms with van der Waals surface area (Å²) in [6.45, 7) is 0. The Bertz CT molecular complexity index is 699. The molecule has 9 heteroatoms. The molecule has 0 aliphatic heterocycles. The third-order valence-corrected chi connectivity index (χ3v) is 5.70. The van der Waals surface area contributed by atoms with Gasteiger partial charge >= 0.3 is 0 Å². The highest BCUT2D eigenvalue weighted by Crippen LogP contribution is 2.51. The van der Waals surface area contributed by atoms with Crippen LogP contribution < -0.4 is 4.74 Å². The van der Waals surface area contributed by atoms with E-state index in [-0.39, 0.29) is 51.7 Å². The Kier molecular flexibility index (Phi) is 5.96. The maximum atomic E-state index is 6.07. The Morgan fingerprint density at radius 2 is 0.905 bits per heavy atom. The first kappa shape index (κ1) is 17.9. The summed E-state index contributed by atoms with van der Waals surface area (Å²) >= 11 is 47.9. The zero-order valence-electron chi connectivity index (χ0n) is 9.59. The highest BCUT2D eigenvalue weighted by Gasteiger charge is 2.23. The topological polar surface area (TPSA) is 9.23 Å². The number of hydrogen-bond donors (Lipinski definition) is 0. The van der Waals surface area contributed by atoms with Gasteiger partial charge in [-0.05, 0) is 12.1 Å². The van der Waals surface area contributed by atoms with Crippen LogP contribution >= 0.6 is 92.8 Å². The molecule has 2 aromatic carbocycles. The van der Waals surface area contributed by atoms with Gasteiger partial charge in [-0.1, -0.05) is 92.8 Å². The van der Waals surface area contributed by atoms with Crippen LogP contribution in [0.15, 0.2) is 12.1 Å². The third kappa shape index (κ3) is 3.41. The average molecular weight is 446 g/mol. The Morgan fingerprint density at radius 3 is 1.43 bits per heavy atom. The number of ether oxygens (including phenoxy) is 1. The summed E-state index contributed by atoms with van der Waals surface area (Å²) in [4.78, 5) is 0. The molecule has 0 saturated carbocycles. The van der Waals surface area contributed by atoms with Crippen LogP contribution in [0.4, 0.5) is 0 Å². The molecule has 0 amide bonds. The zero-order chi connectivity index (χ0) is 15.9. The van der Waals surface area contributed by atoms with Gasteiger partial charge in [-0.2, -0.15) is 0 Å². The molecule has 0 spiro atoms. The van der Waals surface area contributed by atoms with E-state index in [4.69, 9.17) is 97.5 Å². The van der Waals surface area contributed by atoms with Crippen molar-refractivity contribution in [3.63, 3.8) is 0 Å². The van der Waals surface area contributed by atoms with E-state index in [9.17, 15) is 0 Å². The standard InChI is InChI=1S/C12H2Cl8O/c13-3-1-2-4(14)11(5(3)15)21-12-9(19)7(17)6(16)8(18)10(12)20/h1-2H. The Labute approximate surface area is 160 Å². The van der Waals surface area contributed by atoms with Crippen molar-refractivity contribution in [3.05, 3.63) is 52.3 Å². The zero-order valence-corrected chi connectivity index (χ0v) is 15.6. The maximum Gasteiger partial charge on any atom is 0.167 e. The van der Waals surface area contributed by atoms with Gasteiger partial charge in [-0.3, -0.25) is 0 Å². The molecule has 0 aliphatic rings. The number of hydrogen-bond acceptors (Lipinski definition) is 1. The van der Waals surface area contributed by atoms with Gasteiger partial charge in [0.05, 0.1) is 25.1 Å². The average Bonchev–Trinajstić information content (AvgIpc) is 2.46. The first-order chi connectivity index (χ1) is 9.75. The molecular weight excluding hydrogens is 444 g/mol. The number of benzene rings is 2. The second kappa shape index (κ2) is 6.98. The van der Waals surface area contributed by atoms with E-state index in [1.165, 1.54) is 12.1 Å². The molecule has 2 aromatic rings. The van der Waals surface area contributed by atoms with Gasteiger partial charge in [-0.25, -0.2) is 0 Å². The van der Waals surface area contributed by atoms with Gasteiger partial charge in [0, 0.05) is 0 Å². The molecule has 0 radical (unpaired) electrons. The van der Waals surface area contributed by atoms with Crippen LogP contribution in [0.5, 0.6) is 11.5 Å². The van der Waals surface area contributed by atoms with Crippen LogP contribution in [-0.2, 0) is 0 Å². The molecule has 0 unspecified atom stereocenters. The smallest absolute Gasteiger partial charge is 0.167 e. The SMILES string of the molecule is Clc1ccc(Cl)c(Oc2c(Cl)c(Cl)c(Cl)c(Cl)c2Cl)c1Cl. The summed E-state index contributed by atoms with van der Waals surface area (Å²) in [5.41, 5.74) is 0. The minimum Gasteiger partial charge on any atom is -0.451 e. The minimum absolute atomic E-state index is 0.00277. The molecule has 0 atom stereocenters. The maximum absolute atomic E-state index is 6.07. The lowest BCUT2D eigenvalue weighted by molar-refractivity contribution is 0.484. The normalized spacial score (nSPS) is 10.9. The summed E-state index contributed by atoms with van der Waals surface area (Å²) in [7, 11) is 0. The van der Waals surface area contributed by atoms with Crippen molar-refractivity contribution in [1.29, 1.82) is 0 Å². The van der Waals surface area contributed by atoms with Crippen molar-refractivity contribution in [2.45, 2.75) is 0 Å².